The minimum absolute atomic E-state index is 0.00598. The molecule has 3 aliphatic heterocycles. The Bertz CT molecular complexity index is 708. The van der Waals surface area contributed by atoms with Crippen LogP contribution in [0.5, 0.6) is 0 Å². The van der Waals surface area contributed by atoms with Crippen LogP contribution in [0.15, 0.2) is 24.3 Å². The molecule has 27 heavy (non-hydrogen) atoms. The molecule has 3 aliphatic rings. The van der Waals surface area contributed by atoms with Gasteiger partial charge in [-0.1, -0.05) is 24.1 Å². The highest BCUT2D eigenvalue weighted by molar-refractivity contribution is 6.30. The molecule has 0 radical (unpaired) electrons. The van der Waals surface area contributed by atoms with Crippen molar-refractivity contribution in [1.82, 2.24) is 10.2 Å². The Hall–Kier alpha value is -1.59. The molecule has 0 aromatic heterocycles. The van der Waals surface area contributed by atoms with Crippen LogP contribution < -0.4 is 10.2 Å². The highest BCUT2D eigenvalue weighted by Crippen LogP contribution is 2.31. The van der Waals surface area contributed by atoms with Crippen LogP contribution in [0.25, 0.3) is 0 Å². The van der Waals surface area contributed by atoms with Gasteiger partial charge in [0, 0.05) is 36.3 Å². The molecule has 0 saturated carbocycles. The maximum Gasteiger partial charge on any atom is 0.227 e. The van der Waals surface area contributed by atoms with Crippen molar-refractivity contribution in [2.75, 3.05) is 31.1 Å². The predicted molar refractivity (Wildman–Crippen MR) is 107 cm³/mol. The van der Waals surface area contributed by atoms with Gasteiger partial charge in [-0.2, -0.15) is 0 Å². The van der Waals surface area contributed by atoms with Crippen LogP contribution in [-0.2, 0) is 9.59 Å². The van der Waals surface area contributed by atoms with E-state index in [1.165, 1.54) is 45.2 Å². The molecule has 2 amide bonds. The number of nitrogens with zero attached hydrogens (tertiary/aromatic N) is 2. The first-order valence-corrected chi connectivity index (χ1v) is 10.6. The molecule has 4 rings (SSSR count). The van der Waals surface area contributed by atoms with Crippen molar-refractivity contribution in [3.63, 3.8) is 0 Å². The first kappa shape index (κ1) is 18.8. The second-order valence-corrected chi connectivity index (χ2v) is 8.57. The lowest BCUT2D eigenvalue weighted by Gasteiger charge is -2.44. The van der Waals surface area contributed by atoms with Gasteiger partial charge in [-0.05, 0) is 62.9 Å². The Balaban J connectivity index is 1.33. The summed E-state index contributed by atoms with van der Waals surface area (Å²) >= 11 is 6.04. The summed E-state index contributed by atoms with van der Waals surface area (Å²) in [7, 11) is 0. The van der Waals surface area contributed by atoms with Gasteiger partial charge >= 0.3 is 0 Å². The average Bonchev–Trinajstić information content (AvgIpc) is 3.08. The molecule has 3 atom stereocenters. The van der Waals surface area contributed by atoms with E-state index in [-0.39, 0.29) is 24.2 Å². The Morgan fingerprint density at radius 1 is 1.19 bits per heavy atom. The molecular weight excluding hydrogens is 362 g/mol. The summed E-state index contributed by atoms with van der Waals surface area (Å²) in [6, 6.07) is 7.88. The van der Waals surface area contributed by atoms with Gasteiger partial charge in [-0.3, -0.25) is 9.59 Å². The second-order valence-electron chi connectivity index (χ2n) is 8.13. The van der Waals surface area contributed by atoms with Crippen molar-refractivity contribution in [1.29, 1.82) is 0 Å². The topological polar surface area (TPSA) is 52.7 Å². The predicted octanol–water partition coefficient (Wildman–Crippen LogP) is 3.07. The summed E-state index contributed by atoms with van der Waals surface area (Å²) in [5.74, 6) is 0.279. The maximum absolute atomic E-state index is 12.7. The third-order valence-corrected chi connectivity index (χ3v) is 6.62. The largest absolute Gasteiger partial charge is 0.355 e. The number of amides is 2. The normalized spacial score (nSPS) is 28.9. The second kappa shape index (κ2) is 8.19. The summed E-state index contributed by atoms with van der Waals surface area (Å²) in [6.45, 7) is 3.59. The molecule has 6 heteroatoms. The molecule has 5 nitrogen and oxygen atoms in total. The number of carbonyl (C=O) groups excluding carboxylic acids is 2. The quantitative estimate of drug-likeness (QED) is 0.861. The molecule has 3 saturated heterocycles. The van der Waals surface area contributed by atoms with Gasteiger partial charge in [0.1, 0.15) is 0 Å². The van der Waals surface area contributed by atoms with Crippen LogP contribution in [0.3, 0.4) is 0 Å². The van der Waals surface area contributed by atoms with Crippen LogP contribution in [0, 0.1) is 11.8 Å². The SMILES string of the molecule is O=C(NC[C@@H]1CCCN2CCCC[C@@H]12)[C@H]1CC(=O)N(c2cccc(Cl)c2)C1. The summed E-state index contributed by atoms with van der Waals surface area (Å²) < 4.78 is 0. The van der Waals surface area contributed by atoms with Crippen LogP contribution in [-0.4, -0.2) is 48.9 Å². The van der Waals surface area contributed by atoms with Gasteiger partial charge < -0.3 is 15.1 Å². The van der Waals surface area contributed by atoms with E-state index in [2.05, 4.69) is 10.2 Å². The molecule has 3 heterocycles. The number of hydrogen-bond acceptors (Lipinski definition) is 3. The molecule has 1 aromatic carbocycles. The number of halogens is 1. The Labute approximate surface area is 166 Å². The van der Waals surface area contributed by atoms with Crippen molar-refractivity contribution >= 4 is 29.1 Å². The van der Waals surface area contributed by atoms with Crippen LogP contribution in [0.2, 0.25) is 5.02 Å². The Kier molecular flexibility index (Phi) is 5.69. The van der Waals surface area contributed by atoms with Crippen LogP contribution in [0.1, 0.15) is 38.5 Å². The number of fused-ring (bicyclic) bond motifs is 1. The minimum Gasteiger partial charge on any atom is -0.355 e. The van der Waals surface area contributed by atoms with E-state index in [1.807, 2.05) is 12.1 Å². The minimum atomic E-state index is -0.275. The van der Waals surface area contributed by atoms with Crippen molar-refractivity contribution in [2.45, 2.75) is 44.6 Å². The molecule has 0 bridgehead atoms. The first-order valence-electron chi connectivity index (χ1n) is 10.2. The third kappa shape index (κ3) is 4.14. The fourth-order valence-corrected chi connectivity index (χ4v) is 5.15. The van der Waals surface area contributed by atoms with Crippen molar-refractivity contribution in [3.05, 3.63) is 29.3 Å². The van der Waals surface area contributed by atoms with Crippen LogP contribution in [0.4, 0.5) is 5.69 Å². The van der Waals surface area contributed by atoms with Crippen molar-refractivity contribution < 1.29 is 9.59 Å². The number of rotatable bonds is 4. The zero-order valence-corrected chi connectivity index (χ0v) is 16.5. The summed E-state index contributed by atoms with van der Waals surface area (Å²) in [5.41, 5.74) is 0.771. The Morgan fingerprint density at radius 3 is 2.89 bits per heavy atom. The highest BCUT2D eigenvalue weighted by Gasteiger charge is 2.37. The summed E-state index contributed by atoms with van der Waals surface area (Å²) in [6.07, 6.45) is 6.56. The number of hydrogen-bond donors (Lipinski definition) is 1. The monoisotopic (exact) mass is 389 g/mol. The average molecular weight is 390 g/mol. The first-order chi connectivity index (χ1) is 13.1. The molecular formula is C21H28ClN3O2. The number of carbonyl (C=O) groups is 2. The Morgan fingerprint density at radius 2 is 2.04 bits per heavy atom. The number of piperidine rings is 2. The fraction of sp³-hybridized carbons (Fsp3) is 0.619. The van der Waals surface area contributed by atoms with Gasteiger partial charge in [0.2, 0.25) is 11.8 Å². The van der Waals surface area contributed by atoms with Gasteiger partial charge in [0.05, 0.1) is 5.92 Å². The number of nitrogens with one attached hydrogen (secondary N) is 1. The number of anilines is 1. The van der Waals surface area contributed by atoms with E-state index >= 15 is 0 Å². The lowest BCUT2D eigenvalue weighted by Crippen LogP contribution is -2.51. The van der Waals surface area contributed by atoms with E-state index < -0.39 is 0 Å². The summed E-state index contributed by atoms with van der Waals surface area (Å²) in [5, 5.41) is 3.76. The lowest BCUT2D eigenvalue weighted by atomic mass is 9.83. The molecule has 0 aliphatic carbocycles. The highest BCUT2D eigenvalue weighted by atomic mass is 35.5. The van der Waals surface area contributed by atoms with Crippen molar-refractivity contribution in [2.24, 2.45) is 11.8 Å². The van der Waals surface area contributed by atoms with E-state index in [4.69, 9.17) is 11.6 Å². The molecule has 0 unspecified atom stereocenters. The number of benzene rings is 1. The van der Waals surface area contributed by atoms with E-state index in [9.17, 15) is 9.59 Å². The van der Waals surface area contributed by atoms with Crippen molar-refractivity contribution in [3.8, 4) is 0 Å². The third-order valence-electron chi connectivity index (χ3n) is 6.38. The molecule has 3 fully saturated rings. The van der Waals surface area contributed by atoms with E-state index in [0.29, 0.717) is 23.5 Å². The van der Waals surface area contributed by atoms with Gasteiger partial charge in [0.25, 0.3) is 0 Å². The van der Waals surface area contributed by atoms with Gasteiger partial charge in [-0.15, -0.1) is 0 Å². The zero-order chi connectivity index (χ0) is 18.8. The van der Waals surface area contributed by atoms with Gasteiger partial charge in [-0.25, -0.2) is 0 Å². The van der Waals surface area contributed by atoms with E-state index in [1.54, 1.807) is 17.0 Å². The smallest absolute Gasteiger partial charge is 0.227 e. The standard InChI is InChI=1S/C21H28ClN3O2/c22-17-6-3-7-18(12-17)25-14-16(11-20(25)26)21(27)23-13-15-5-4-10-24-9-2-1-8-19(15)24/h3,6-7,12,15-16,19H,1-2,4-5,8-11,13-14H2,(H,23,27)/t15-,16-,19-/m0/s1. The molecule has 1 aromatic rings. The van der Waals surface area contributed by atoms with Crippen LogP contribution >= 0.6 is 11.6 Å². The summed E-state index contributed by atoms with van der Waals surface area (Å²) in [4.78, 5) is 29.4. The molecule has 1 N–H and O–H groups in total. The maximum atomic E-state index is 12.7. The van der Waals surface area contributed by atoms with Gasteiger partial charge in [0.15, 0.2) is 0 Å². The van der Waals surface area contributed by atoms with E-state index in [0.717, 1.165) is 12.2 Å². The molecule has 146 valence electrons. The lowest BCUT2D eigenvalue weighted by molar-refractivity contribution is -0.126. The fourth-order valence-electron chi connectivity index (χ4n) is 4.97. The molecule has 0 spiro atoms. The zero-order valence-electron chi connectivity index (χ0n) is 15.7.